The number of benzene rings is 1. The number of rotatable bonds is 6. The lowest BCUT2D eigenvalue weighted by atomic mass is 10.0. The van der Waals surface area contributed by atoms with Crippen molar-refractivity contribution < 1.29 is 8.42 Å². The van der Waals surface area contributed by atoms with Gasteiger partial charge in [-0.25, -0.2) is 22.4 Å². The predicted octanol–water partition coefficient (Wildman–Crippen LogP) is 4.27. The largest absolute Gasteiger partial charge is 0.275 e. The molecule has 0 fully saturated rings. The number of nitriles is 1. The highest BCUT2D eigenvalue weighted by atomic mass is 35.5. The molecule has 170 valence electrons. The summed E-state index contributed by atoms with van der Waals surface area (Å²) in [6.45, 7) is 0. The third kappa shape index (κ3) is 3.52. The van der Waals surface area contributed by atoms with Crippen LogP contribution in [0.1, 0.15) is 17.7 Å². The first-order valence-electron chi connectivity index (χ1n) is 10.5. The van der Waals surface area contributed by atoms with Crippen molar-refractivity contribution in [2.45, 2.75) is 17.7 Å². The van der Waals surface area contributed by atoms with Crippen molar-refractivity contribution in [3.8, 4) is 17.2 Å². The van der Waals surface area contributed by atoms with Crippen molar-refractivity contribution in [2.75, 3.05) is 5.88 Å². The second kappa shape index (κ2) is 8.56. The van der Waals surface area contributed by atoms with Crippen LogP contribution in [0.5, 0.6) is 0 Å². The smallest absolute Gasteiger partial charge is 0.269 e. The fourth-order valence-electron chi connectivity index (χ4n) is 4.17. The fourth-order valence-corrected chi connectivity index (χ4v) is 5.78. The highest BCUT2D eigenvalue weighted by molar-refractivity contribution is 7.90. The van der Waals surface area contributed by atoms with Gasteiger partial charge in [-0.2, -0.15) is 10.4 Å². The Balaban J connectivity index is 1.91. The van der Waals surface area contributed by atoms with E-state index in [4.69, 9.17) is 11.6 Å². The van der Waals surface area contributed by atoms with Crippen LogP contribution in [0.4, 0.5) is 0 Å². The highest BCUT2D eigenvalue weighted by Crippen LogP contribution is 2.36. The Morgan fingerprint density at radius 1 is 1.09 bits per heavy atom. The average molecular weight is 491 g/mol. The molecule has 5 aromatic rings. The molecule has 0 bridgehead atoms. The van der Waals surface area contributed by atoms with Gasteiger partial charge in [0.15, 0.2) is 5.65 Å². The number of nitrogens with zero attached hydrogens (tertiary/aromatic N) is 6. The lowest BCUT2D eigenvalue weighted by Crippen LogP contribution is -2.13. The monoisotopic (exact) mass is 490 g/mol. The summed E-state index contributed by atoms with van der Waals surface area (Å²) in [5, 5.41) is 15.2. The molecule has 0 amide bonds. The second-order valence-corrected chi connectivity index (χ2v) is 9.99. The standard InChI is InChI=1S/C24H19ClN6O2S/c1-30-15-17(13-29-30)16-10-20-23-19(8-5-9-25)21(11-26)27-14-22(23)31(24(20)28-12-16)34(32,33)18-6-3-2-4-7-18/h2-4,6-7,10,12-15H,5,8-9H2,1H3. The fraction of sp³-hybridized carbons (Fsp3) is 0.167. The van der Waals surface area contributed by atoms with Gasteiger partial charge < -0.3 is 0 Å². The normalized spacial score (nSPS) is 11.8. The van der Waals surface area contributed by atoms with Crippen molar-refractivity contribution in [1.29, 1.82) is 5.26 Å². The van der Waals surface area contributed by atoms with E-state index in [9.17, 15) is 13.7 Å². The number of hydrogen-bond acceptors (Lipinski definition) is 6. The van der Waals surface area contributed by atoms with Gasteiger partial charge in [0.1, 0.15) is 11.8 Å². The van der Waals surface area contributed by atoms with Gasteiger partial charge in [-0.3, -0.25) is 4.68 Å². The van der Waals surface area contributed by atoms with Gasteiger partial charge in [-0.15, -0.1) is 11.6 Å². The van der Waals surface area contributed by atoms with E-state index >= 15 is 0 Å². The Morgan fingerprint density at radius 3 is 2.56 bits per heavy atom. The molecule has 1 aromatic carbocycles. The Labute approximate surface area is 201 Å². The summed E-state index contributed by atoms with van der Waals surface area (Å²) in [4.78, 5) is 9.01. The maximum Gasteiger partial charge on any atom is 0.269 e. The summed E-state index contributed by atoms with van der Waals surface area (Å²) in [7, 11) is -2.17. The minimum Gasteiger partial charge on any atom is -0.275 e. The average Bonchev–Trinajstić information content (AvgIpc) is 3.44. The first kappa shape index (κ1) is 22.1. The Morgan fingerprint density at radius 2 is 1.88 bits per heavy atom. The molecule has 4 heterocycles. The second-order valence-electron chi connectivity index (χ2n) is 7.83. The molecule has 0 unspecified atom stereocenters. The van der Waals surface area contributed by atoms with Crippen LogP contribution in [0, 0.1) is 11.3 Å². The topological polar surface area (TPSA) is 106 Å². The van der Waals surface area contributed by atoms with E-state index in [-0.39, 0.29) is 16.2 Å². The number of alkyl halides is 1. The maximum absolute atomic E-state index is 13.8. The van der Waals surface area contributed by atoms with E-state index in [1.54, 1.807) is 47.4 Å². The molecular weight excluding hydrogens is 472 g/mol. The first-order valence-corrected chi connectivity index (χ1v) is 12.5. The number of fused-ring (bicyclic) bond motifs is 3. The van der Waals surface area contributed by atoms with Crippen molar-refractivity contribution >= 4 is 43.6 Å². The molecule has 0 saturated carbocycles. The third-order valence-electron chi connectivity index (χ3n) is 5.69. The third-order valence-corrected chi connectivity index (χ3v) is 7.68. The van der Waals surface area contributed by atoms with E-state index < -0.39 is 10.0 Å². The summed E-state index contributed by atoms with van der Waals surface area (Å²) in [6, 6.07) is 12.2. The summed E-state index contributed by atoms with van der Waals surface area (Å²) in [5.41, 5.74) is 3.20. The molecule has 0 spiro atoms. The van der Waals surface area contributed by atoms with Crippen molar-refractivity contribution in [1.82, 2.24) is 23.7 Å². The molecule has 0 aliphatic heterocycles. The zero-order valence-electron chi connectivity index (χ0n) is 18.2. The number of aromatic nitrogens is 5. The number of pyridine rings is 2. The number of aryl methyl sites for hydroxylation is 2. The SMILES string of the molecule is Cn1cc(-c2cnc3c(c2)c2c(CCCCl)c(C#N)ncc2n3S(=O)(=O)c2ccccc2)cn1. The molecule has 0 aliphatic carbocycles. The zero-order chi connectivity index (χ0) is 23.9. The Kier molecular flexibility index (Phi) is 5.55. The summed E-state index contributed by atoms with van der Waals surface area (Å²) >= 11 is 5.96. The van der Waals surface area contributed by atoms with Crippen LogP contribution in [0.3, 0.4) is 0 Å². The van der Waals surface area contributed by atoms with Gasteiger partial charge in [-0.1, -0.05) is 18.2 Å². The summed E-state index contributed by atoms with van der Waals surface area (Å²) in [5.74, 6) is 0.404. The molecule has 0 N–H and O–H groups in total. The van der Waals surface area contributed by atoms with E-state index in [2.05, 4.69) is 21.1 Å². The van der Waals surface area contributed by atoms with Crippen LogP contribution in [-0.2, 0) is 23.5 Å². The van der Waals surface area contributed by atoms with Crippen LogP contribution in [0.25, 0.3) is 33.1 Å². The minimum absolute atomic E-state index is 0.138. The van der Waals surface area contributed by atoms with Crippen LogP contribution >= 0.6 is 11.6 Å². The van der Waals surface area contributed by atoms with Gasteiger partial charge in [0.25, 0.3) is 10.0 Å². The quantitative estimate of drug-likeness (QED) is 0.329. The lowest BCUT2D eigenvalue weighted by molar-refractivity contribution is 0.590. The van der Waals surface area contributed by atoms with E-state index in [1.807, 2.05) is 19.3 Å². The Hall–Kier alpha value is -3.74. The van der Waals surface area contributed by atoms with Crippen molar-refractivity contribution in [3.05, 3.63) is 72.4 Å². The molecular formula is C24H19ClN6O2S. The van der Waals surface area contributed by atoms with Gasteiger partial charge in [-0.05, 0) is 36.6 Å². The van der Waals surface area contributed by atoms with Crippen molar-refractivity contribution in [2.24, 2.45) is 7.05 Å². The van der Waals surface area contributed by atoms with Gasteiger partial charge in [0.05, 0.1) is 22.8 Å². The molecule has 5 rings (SSSR count). The molecule has 0 aliphatic rings. The molecule has 0 atom stereocenters. The van der Waals surface area contributed by atoms with Crippen molar-refractivity contribution in [3.63, 3.8) is 0 Å². The van der Waals surface area contributed by atoms with Gasteiger partial charge in [0, 0.05) is 47.2 Å². The molecule has 8 nitrogen and oxygen atoms in total. The van der Waals surface area contributed by atoms with Crippen LogP contribution in [0.2, 0.25) is 0 Å². The van der Waals surface area contributed by atoms with Gasteiger partial charge in [0.2, 0.25) is 0 Å². The van der Waals surface area contributed by atoms with Gasteiger partial charge >= 0.3 is 0 Å². The molecule has 0 saturated heterocycles. The summed E-state index contributed by atoms with van der Waals surface area (Å²) in [6.07, 6.45) is 7.75. The van der Waals surface area contributed by atoms with Crippen LogP contribution in [-0.4, -0.2) is 38.0 Å². The van der Waals surface area contributed by atoms with Crippen LogP contribution in [0.15, 0.2) is 66.1 Å². The predicted molar refractivity (Wildman–Crippen MR) is 130 cm³/mol. The summed E-state index contributed by atoms with van der Waals surface area (Å²) < 4.78 is 30.4. The van der Waals surface area contributed by atoms with Crippen LogP contribution < -0.4 is 0 Å². The molecule has 34 heavy (non-hydrogen) atoms. The highest BCUT2D eigenvalue weighted by Gasteiger charge is 2.27. The Bertz CT molecular complexity index is 1680. The molecule has 4 aromatic heterocycles. The number of halogens is 1. The number of hydrogen-bond donors (Lipinski definition) is 0. The zero-order valence-corrected chi connectivity index (χ0v) is 19.8. The van der Waals surface area contributed by atoms with E-state index in [1.165, 1.54) is 10.2 Å². The van der Waals surface area contributed by atoms with E-state index in [0.29, 0.717) is 40.6 Å². The molecule has 0 radical (unpaired) electrons. The molecule has 10 heteroatoms. The minimum atomic E-state index is -3.99. The van der Waals surface area contributed by atoms with E-state index in [0.717, 1.165) is 11.1 Å². The lowest BCUT2D eigenvalue weighted by Gasteiger charge is -2.09. The first-order chi connectivity index (χ1) is 16.5. The maximum atomic E-state index is 13.8.